The molecule has 168 valence electrons. The second-order valence-electron chi connectivity index (χ2n) is 8.27. The van der Waals surface area contributed by atoms with Gasteiger partial charge in [-0.15, -0.1) is 0 Å². The Morgan fingerprint density at radius 1 is 0.844 bits per heavy atom. The van der Waals surface area contributed by atoms with Gasteiger partial charge in [-0.05, 0) is 72.4 Å². The van der Waals surface area contributed by atoms with Crippen LogP contribution >= 0.6 is 0 Å². The van der Waals surface area contributed by atoms with E-state index in [1.807, 2.05) is 6.92 Å². The molecule has 0 fully saturated rings. The molecule has 6 heteroatoms. The molecule has 0 radical (unpaired) electrons. The van der Waals surface area contributed by atoms with Crippen LogP contribution in [0.25, 0.3) is 11.1 Å². The third-order valence-corrected chi connectivity index (χ3v) is 6.27. The van der Waals surface area contributed by atoms with Crippen LogP contribution in [0.2, 0.25) is 0 Å². The molecule has 0 amide bonds. The summed E-state index contributed by atoms with van der Waals surface area (Å²) in [7, 11) is 0. The molecule has 0 aliphatic heterocycles. The Hall–Kier alpha value is -2.76. The van der Waals surface area contributed by atoms with Crippen LogP contribution in [0.1, 0.15) is 54.4 Å². The number of hydrogen-bond acceptors (Lipinski definition) is 0. The number of aryl methyl sites for hydroxylation is 1. The van der Waals surface area contributed by atoms with Crippen LogP contribution in [0.5, 0.6) is 0 Å². The van der Waals surface area contributed by atoms with E-state index in [4.69, 9.17) is 0 Å². The van der Waals surface area contributed by atoms with E-state index >= 15 is 4.39 Å². The topological polar surface area (TPSA) is 0 Å². The number of rotatable bonds is 5. The third-order valence-electron chi connectivity index (χ3n) is 6.27. The maximum absolute atomic E-state index is 15.2. The van der Waals surface area contributed by atoms with E-state index in [1.165, 1.54) is 6.07 Å². The van der Waals surface area contributed by atoms with Crippen molar-refractivity contribution in [2.24, 2.45) is 0 Å². The van der Waals surface area contributed by atoms with Crippen molar-refractivity contribution in [1.82, 2.24) is 0 Å². The van der Waals surface area contributed by atoms with Crippen LogP contribution in [0.4, 0.5) is 26.3 Å². The van der Waals surface area contributed by atoms with E-state index in [9.17, 15) is 22.0 Å². The number of benzene rings is 3. The van der Waals surface area contributed by atoms with E-state index in [2.05, 4.69) is 0 Å². The number of hydrogen-bond donors (Lipinski definition) is 0. The molecule has 0 nitrogen and oxygen atoms in total. The molecule has 4 rings (SSSR count). The number of unbranched alkanes of at least 4 members (excludes halogenated alkanes) is 1. The molecule has 32 heavy (non-hydrogen) atoms. The zero-order chi connectivity index (χ0) is 23.0. The minimum Gasteiger partial charge on any atom is -0.206 e. The van der Waals surface area contributed by atoms with E-state index < -0.39 is 51.9 Å². The van der Waals surface area contributed by atoms with Gasteiger partial charge in [-0.25, -0.2) is 26.3 Å². The Bertz CT molecular complexity index is 1170. The standard InChI is InChI=1S/C26H22F6/c1-2-3-5-14-8-10-17(26(32)23(14)29)15-9-11-18-16(12-15)13-21(28)22(25(18)31)19-6-4-7-20(27)24(19)30/h4,6-8,10,13,15H,2-3,5,9,11-12H2,1H3. The van der Waals surface area contributed by atoms with Crippen LogP contribution in [-0.4, -0.2) is 0 Å². The Kier molecular flexibility index (Phi) is 6.31. The van der Waals surface area contributed by atoms with Crippen LogP contribution in [0, 0.1) is 34.9 Å². The fraction of sp³-hybridized carbons (Fsp3) is 0.308. The Morgan fingerprint density at radius 2 is 1.62 bits per heavy atom. The van der Waals surface area contributed by atoms with Gasteiger partial charge in [-0.2, -0.15) is 0 Å². The van der Waals surface area contributed by atoms with Crippen LogP contribution in [0.15, 0.2) is 36.4 Å². The Balaban J connectivity index is 1.69. The summed E-state index contributed by atoms with van der Waals surface area (Å²) in [6.07, 6.45) is 2.66. The summed E-state index contributed by atoms with van der Waals surface area (Å²) in [5.41, 5.74) is -0.0662. The molecule has 1 atom stereocenters. The first-order chi connectivity index (χ1) is 15.3. The Morgan fingerprint density at radius 3 is 2.38 bits per heavy atom. The lowest BCUT2D eigenvalue weighted by atomic mass is 9.78. The van der Waals surface area contributed by atoms with Crippen molar-refractivity contribution >= 4 is 0 Å². The van der Waals surface area contributed by atoms with E-state index in [-0.39, 0.29) is 24.0 Å². The van der Waals surface area contributed by atoms with Gasteiger partial charge in [0.05, 0.1) is 5.56 Å². The van der Waals surface area contributed by atoms with Gasteiger partial charge in [-0.1, -0.05) is 37.6 Å². The summed E-state index contributed by atoms with van der Waals surface area (Å²) < 4.78 is 87.1. The molecule has 0 heterocycles. The lowest BCUT2D eigenvalue weighted by Crippen LogP contribution is -2.17. The lowest BCUT2D eigenvalue weighted by molar-refractivity contribution is 0.461. The van der Waals surface area contributed by atoms with Crippen LogP contribution in [0.3, 0.4) is 0 Å². The van der Waals surface area contributed by atoms with Crippen molar-refractivity contribution in [3.8, 4) is 11.1 Å². The van der Waals surface area contributed by atoms with Crippen molar-refractivity contribution in [2.45, 2.75) is 51.4 Å². The summed E-state index contributed by atoms with van der Waals surface area (Å²) in [4.78, 5) is 0. The lowest BCUT2D eigenvalue weighted by Gasteiger charge is -2.27. The van der Waals surface area contributed by atoms with E-state index in [1.54, 1.807) is 12.1 Å². The minimum absolute atomic E-state index is 0.125. The minimum atomic E-state index is -1.32. The Labute approximate surface area is 182 Å². The van der Waals surface area contributed by atoms with Crippen LogP contribution in [-0.2, 0) is 19.3 Å². The van der Waals surface area contributed by atoms with Crippen molar-refractivity contribution < 1.29 is 26.3 Å². The largest absolute Gasteiger partial charge is 0.206 e. The smallest absolute Gasteiger partial charge is 0.166 e. The molecule has 0 aromatic heterocycles. The highest BCUT2D eigenvalue weighted by atomic mass is 19.2. The van der Waals surface area contributed by atoms with Gasteiger partial charge in [0.1, 0.15) is 11.6 Å². The van der Waals surface area contributed by atoms with Crippen molar-refractivity contribution in [3.05, 3.63) is 93.6 Å². The maximum Gasteiger partial charge on any atom is 0.166 e. The number of halogens is 6. The molecular weight excluding hydrogens is 426 g/mol. The molecule has 1 aliphatic carbocycles. The molecular formula is C26H22F6. The van der Waals surface area contributed by atoms with E-state index in [0.29, 0.717) is 24.0 Å². The molecule has 0 saturated heterocycles. The van der Waals surface area contributed by atoms with Crippen LogP contribution < -0.4 is 0 Å². The monoisotopic (exact) mass is 448 g/mol. The number of fused-ring (bicyclic) bond motifs is 1. The first kappa shape index (κ1) is 22.4. The zero-order valence-corrected chi connectivity index (χ0v) is 17.6. The fourth-order valence-corrected chi connectivity index (χ4v) is 4.54. The first-order valence-corrected chi connectivity index (χ1v) is 10.7. The van der Waals surface area contributed by atoms with Crippen molar-refractivity contribution in [1.29, 1.82) is 0 Å². The van der Waals surface area contributed by atoms with Gasteiger partial charge in [0.2, 0.25) is 0 Å². The maximum atomic E-state index is 15.2. The van der Waals surface area contributed by atoms with Gasteiger partial charge in [0, 0.05) is 5.56 Å². The highest BCUT2D eigenvalue weighted by Gasteiger charge is 2.30. The average molecular weight is 448 g/mol. The van der Waals surface area contributed by atoms with Gasteiger partial charge in [0.15, 0.2) is 23.3 Å². The van der Waals surface area contributed by atoms with Gasteiger partial charge in [0.25, 0.3) is 0 Å². The summed E-state index contributed by atoms with van der Waals surface area (Å²) in [5, 5.41) is 0. The molecule has 0 spiro atoms. The highest BCUT2D eigenvalue weighted by Crippen LogP contribution is 2.40. The predicted octanol–water partition coefficient (Wildman–Crippen LogP) is 7.80. The quantitative estimate of drug-likeness (QED) is 0.349. The van der Waals surface area contributed by atoms with Crippen molar-refractivity contribution in [2.75, 3.05) is 0 Å². The fourth-order valence-electron chi connectivity index (χ4n) is 4.54. The van der Waals surface area contributed by atoms with E-state index in [0.717, 1.165) is 31.0 Å². The van der Waals surface area contributed by atoms with Crippen molar-refractivity contribution in [3.63, 3.8) is 0 Å². The van der Waals surface area contributed by atoms with Gasteiger partial charge < -0.3 is 0 Å². The molecule has 0 N–H and O–H groups in total. The summed E-state index contributed by atoms with van der Waals surface area (Å²) in [6, 6.07) is 7.41. The molecule has 3 aromatic rings. The zero-order valence-electron chi connectivity index (χ0n) is 17.6. The second-order valence-corrected chi connectivity index (χ2v) is 8.27. The summed E-state index contributed by atoms with van der Waals surface area (Å²) >= 11 is 0. The summed E-state index contributed by atoms with van der Waals surface area (Å²) in [5.74, 6) is -6.69. The highest BCUT2D eigenvalue weighted by molar-refractivity contribution is 5.68. The normalized spacial score (nSPS) is 15.7. The molecule has 1 aliphatic rings. The molecule has 1 unspecified atom stereocenters. The SMILES string of the molecule is CCCCc1ccc(C2CCc3c(cc(F)c(-c4cccc(F)c4F)c3F)C2)c(F)c1F. The second kappa shape index (κ2) is 9.00. The summed E-state index contributed by atoms with van der Waals surface area (Å²) in [6.45, 7) is 1.97. The van der Waals surface area contributed by atoms with Gasteiger partial charge in [-0.3, -0.25) is 0 Å². The van der Waals surface area contributed by atoms with Gasteiger partial charge >= 0.3 is 0 Å². The average Bonchev–Trinajstić information content (AvgIpc) is 2.77. The molecule has 3 aromatic carbocycles. The molecule has 0 saturated carbocycles. The predicted molar refractivity (Wildman–Crippen MR) is 111 cm³/mol. The molecule has 0 bridgehead atoms. The first-order valence-electron chi connectivity index (χ1n) is 10.7. The third kappa shape index (κ3) is 3.91.